The normalized spacial score (nSPS) is 26.4. The minimum atomic E-state index is 0.682. The van der Waals surface area contributed by atoms with Gasteiger partial charge in [0, 0.05) is 57.4 Å². The molecule has 1 N–H and O–H groups in total. The van der Waals surface area contributed by atoms with E-state index in [0.717, 1.165) is 57.4 Å². The highest BCUT2D eigenvalue weighted by molar-refractivity contribution is 5.46. The topological polar surface area (TPSA) is 53.5 Å². The van der Waals surface area contributed by atoms with E-state index in [-0.39, 0.29) is 0 Å². The van der Waals surface area contributed by atoms with Gasteiger partial charge >= 0.3 is 0 Å². The Morgan fingerprint density at radius 2 is 1.96 bits per heavy atom. The van der Waals surface area contributed by atoms with Crippen LogP contribution in [0, 0.1) is 5.92 Å². The molecular weight excluding hydrogens is 314 g/mol. The first kappa shape index (κ1) is 17.2. The van der Waals surface area contributed by atoms with Crippen molar-refractivity contribution in [3.8, 4) is 0 Å². The van der Waals surface area contributed by atoms with Crippen LogP contribution in [0.3, 0.4) is 0 Å². The molecule has 0 amide bonds. The molecule has 0 aromatic carbocycles. The van der Waals surface area contributed by atoms with Crippen LogP contribution >= 0.6 is 0 Å². The van der Waals surface area contributed by atoms with E-state index in [9.17, 15) is 0 Å². The van der Waals surface area contributed by atoms with Gasteiger partial charge in [0.15, 0.2) is 0 Å². The van der Waals surface area contributed by atoms with Crippen molar-refractivity contribution >= 4 is 5.82 Å². The van der Waals surface area contributed by atoms with Gasteiger partial charge in [0.05, 0.1) is 5.69 Å². The summed E-state index contributed by atoms with van der Waals surface area (Å²) in [5.74, 6) is 1.81. The van der Waals surface area contributed by atoms with E-state index in [4.69, 9.17) is 4.74 Å². The molecule has 1 aromatic rings. The average Bonchev–Trinajstić information content (AvgIpc) is 2.94. The van der Waals surface area contributed by atoms with Crippen LogP contribution in [0.1, 0.15) is 30.5 Å². The third-order valence-electron chi connectivity index (χ3n) is 6.07. The fourth-order valence-electron chi connectivity index (χ4n) is 4.55. The van der Waals surface area contributed by atoms with Crippen molar-refractivity contribution in [2.45, 2.75) is 38.1 Å². The van der Waals surface area contributed by atoms with Gasteiger partial charge in [0.2, 0.25) is 0 Å². The van der Waals surface area contributed by atoms with Crippen LogP contribution in [-0.4, -0.2) is 78.8 Å². The summed E-state index contributed by atoms with van der Waals surface area (Å²) < 4.78 is 5.53. The minimum absolute atomic E-state index is 0.682. The maximum absolute atomic E-state index is 5.53. The van der Waals surface area contributed by atoms with Crippen molar-refractivity contribution in [1.82, 2.24) is 19.8 Å². The maximum atomic E-state index is 5.53. The van der Waals surface area contributed by atoms with Crippen LogP contribution in [0.25, 0.3) is 0 Å². The summed E-state index contributed by atoms with van der Waals surface area (Å²) >= 11 is 0. The van der Waals surface area contributed by atoms with Gasteiger partial charge in [-0.05, 0) is 45.2 Å². The Hall–Kier alpha value is -1.24. The van der Waals surface area contributed by atoms with Crippen molar-refractivity contribution < 1.29 is 4.74 Å². The number of hydrogen-bond acceptors (Lipinski definition) is 6. The highest BCUT2D eigenvalue weighted by atomic mass is 16.5. The largest absolute Gasteiger partial charge is 0.381 e. The molecule has 138 valence electrons. The quantitative estimate of drug-likeness (QED) is 0.891. The third kappa shape index (κ3) is 4.13. The van der Waals surface area contributed by atoms with Crippen LogP contribution in [0.15, 0.2) is 6.33 Å². The lowest BCUT2D eigenvalue weighted by Gasteiger charge is -2.33. The fourth-order valence-corrected chi connectivity index (χ4v) is 4.55. The first-order valence-corrected chi connectivity index (χ1v) is 9.86. The lowest BCUT2D eigenvalue weighted by atomic mass is 10.1. The second-order valence-corrected chi connectivity index (χ2v) is 7.82. The summed E-state index contributed by atoms with van der Waals surface area (Å²) in [7, 11) is 2.21. The summed E-state index contributed by atoms with van der Waals surface area (Å²) in [6.07, 6.45) is 7.46. The lowest BCUT2D eigenvalue weighted by Crippen LogP contribution is -2.40. The first-order chi connectivity index (χ1) is 12.3. The fraction of sp³-hybridized carbons (Fsp3) is 0.789. The summed E-state index contributed by atoms with van der Waals surface area (Å²) in [5, 5.41) is 3.64. The van der Waals surface area contributed by atoms with Crippen LogP contribution in [0.5, 0.6) is 0 Å². The number of rotatable bonds is 4. The molecule has 0 bridgehead atoms. The molecule has 6 nitrogen and oxygen atoms in total. The predicted molar refractivity (Wildman–Crippen MR) is 98.9 cm³/mol. The third-order valence-corrected chi connectivity index (χ3v) is 6.07. The Morgan fingerprint density at radius 1 is 1.12 bits per heavy atom. The van der Waals surface area contributed by atoms with E-state index in [1.165, 1.54) is 43.6 Å². The molecule has 3 aliphatic rings. The number of aromatic nitrogens is 2. The number of likely N-dealkylation sites (tertiary alicyclic amines) is 1. The molecule has 0 radical (unpaired) electrons. The lowest BCUT2D eigenvalue weighted by molar-refractivity contribution is 0.0355. The highest BCUT2D eigenvalue weighted by Crippen LogP contribution is 2.24. The molecule has 6 heteroatoms. The zero-order chi connectivity index (χ0) is 17.1. The molecule has 3 aliphatic heterocycles. The Morgan fingerprint density at radius 3 is 2.76 bits per heavy atom. The van der Waals surface area contributed by atoms with E-state index in [2.05, 4.69) is 32.1 Å². The van der Waals surface area contributed by atoms with Gasteiger partial charge in [0.25, 0.3) is 0 Å². The second kappa shape index (κ2) is 7.98. The molecule has 0 spiro atoms. The van der Waals surface area contributed by atoms with Gasteiger partial charge in [-0.25, -0.2) is 9.97 Å². The zero-order valence-corrected chi connectivity index (χ0v) is 15.4. The van der Waals surface area contributed by atoms with Gasteiger partial charge in [0.1, 0.15) is 12.1 Å². The molecule has 4 rings (SSSR count). The number of fused-ring (bicyclic) bond motifs is 1. The van der Waals surface area contributed by atoms with Crippen molar-refractivity contribution in [2.24, 2.45) is 5.92 Å². The SMILES string of the molecule is CN1CCC(CNc2ncnc3c2CCN(C2CCOCC2)CC3)C1. The molecule has 1 aromatic heterocycles. The molecule has 2 saturated heterocycles. The number of ether oxygens (including phenoxy) is 1. The average molecular weight is 345 g/mol. The Labute approximate surface area is 151 Å². The van der Waals surface area contributed by atoms with Gasteiger partial charge in [-0.3, -0.25) is 4.90 Å². The minimum Gasteiger partial charge on any atom is -0.381 e. The molecule has 4 heterocycles. The van der Waals surface area contributed by atoms with Gasteiger partial charge < -0.3 is 15.0 Å². The molecule has 0 saturated carbocycles. The summed E-state index contributed by atoms with van der Waals surface area (Å²) in [4.78, 5) is 14.2. The van der Waals surface area contributed by atoms with Gasteiger partial charge in [-0.15, -0.1) is 0 Å². The van der Waals surface area contributed by atoms with E-state index in [1.807, 2.05) is 0 Å². The number of hydrogen-bond donors (Lipinski definition) is 1. The van der Waals surface area contributed by atoms with Crippen molar-refractivity contribution in [3.05, 3.63) is 17.6 Å². The molecule has 2 fully saturated rings. The number of nitrogens with one attached hydrogen (secondary N) is 1. The van der Waals surface area contributed by atoms with Gasteiger partial charge in [-0.2, -0.15) is 0 Å². The van der Waals surface area contributed by atoms with Crippen LogP contribution in [-0.2, 0) is 17.6 Å². The first-order valence-electron chi connectivity index (χ1n) is 9.86. The maximum Gasteiger partial charge on any atom is 0.132 e. The van der Waals surface area contributed by atoms with Gasteiger partial charge in [-0.1, -0.05) is 0 Å². The molecular formula is C19H31N5O. The van der Waals surface area contributed by atoms with Crippen molar-refractivity contribution in [2.75, 3.05) is 58.3 Å². The van der Waals surface area contributed by atoms with E-state index in [1.54, 1.807) is 6.33 Å². The van der Waals surface area contributed by atoms with Crippen LogP contribution < -0.4 is 5.32 Å². The molecule has 0 aliphatic carbocycles. The zero-order valence-electron chi connectivity index (χ0n) is 15.4. The number of anilines is 1. The summed E-state index contributed by atoms with van der Waals surface area (Å²) in [6, 6.07) is 0.682. The van der Waals surface area contributed by atoms with Crippen LogP contribution in [0.2, 0.25) is 0 Å². The van der Waals surface area contributed by atoms with Crippen molar-refractivity contribution in [1.29, 1.82) is 0 Å². The predicted octanol–water partition coefficient (Wildman–Crippen LogP) is 1.42. The monoisotopic (exact) mass is 345 g/mol. The Balaban J connectivity index is 1.40. The standard InChI is InChI=1S/C19H31N5O/c1-23-7-2-15(13-23)12-20-19-17-3-8-24(16-5-10-25-11-6-16)9-4-18(17)21-14-22-19/h14-16H,2-13H2,1H3,(H,20,21,22). The van der Waals surface area contributed by atoms with Crippen molar-refractivity contribution in [3.63, 3.8) is 0 Å². The van der Waals surface area contributed by atoms with Crippen LogP contribution in [0.4, 0.5) is 5.82 Å². The summed E-state index contributed by atoms with van der Waals surface area (Å²) in [5.41, 5.74) is 2.60. The molecule has 1 unspecified atom stereocenters. The Kier molecular flexibility index (Phi) is 5.48. The number of nitrogens with zero attached hydrogens (tertiary/aromatic N) is 4. The Bertz CT molecular complexity index is 575. The highest BCUT2D eigenvalue weighted by Gasteiger charge is 2.26. The molecule has 25 heavy (non-hydrogen) atoms. The second-order valence-electron chi connectivity index (χ2n) is 7.82. The van der Waals surface area contributed by atoms with E-state index in [0.29, 0.717) is 6.04 Å². The van der Waals surface area contributed by atoms with E-state index >= 15 is 0 Å². The molecule has 1 atom stereocenters. The smallest absolute Gasteiger partial charge is 0.132 e. The van der Waals surface area contributed by atoms with E-state index < -0.39 is 0 Å². The summed E-state index contributed by atoms with van der Waals surface area (Å²) in [6.45, 7) is 7.49.